The van der Waals surface area contributed by atoms with E-state index in [1.54, 1.807) is 31.0 Å². The number of ether oxygens (including phenoxy) is 1. The molecule has 2 aromatic carbocycles. The standard InChI is InChI=1S/C18H20ClNO2/c1-13-11-16(19)9-10-17(13)22-14(2)18(21)20(3)12-15-7-5-4-6-8-15/h4-11,14H,12H2,1-3H3. The third kappa shape index (κ3) is 4.25. The highest BCUT2D eigenvalue weighted by molar-refractivity contribution is 6.30. The molecule has 0 aromatic heterocycles. The Labute approximate surface area is 136 Å². The molecule has 2 rings (SSSR count). The maximum absolute atomic E-state index is 12.4. The number of nitrogens with zero attached hydrogens (tertiary/aromatic N) is 1. The molecular formula is C18H20ClNO2. The molecule has 0 saturated carbocycles. The fraction of sp³-hybridized carbons (Fsp3) is 0.278. The maximum atomic E-state index is 12.4. The van der Waals surface area contributed by atoms with Gasteiger partial charge in [0.1, 0.15) is 5.75 Å². The van der Waals surface area contributed by atoms with Gasteiger partial charge in [-0.15, -0.1) is 0 Å². The Balaban J connectivity index is 1.99. The fourth-order valence-corrected chi connectivity index (χ4v) is 2.46. The minimum atomic E-state index is -0.548. The van der Waals surface area contributed by atoms with E-state index in [1.807, 2.05) is 43.3 Å². The molecule has 0 fully saturated rings. The molecule has 4 heteroatoms. The molecule has 1 amide bonds. The molecule has 0 radical (unpaired) electrons. The number of hydrogen-bond donors (Lipinski definition) is 0. The monoisotopic (exact) mass is 317 g/mol. The van der Waals surface area contributed by atoms with Crippen molar-refractivity contribution >= 4 is 17.5 Å². The lowest BCUT2D eigenvalue weighted by atomic mass is 10.2. The van der Waals surface area contributed by atoms with Gasteiger partial charge in [-0.05, 0) is 43.2 Å². The minimum absolute atomic E-state index is 0.0572. The predicted molar refractivity (Wildman–Crippen MR) is 89.2 cm³/mol. The minimum Gasteiger partial charge on any atom is -0.481 e. The summed E-state index contributed by atoms with van der Waals surface area (Å²) < 4.78 is 5.77. The molecule has 0 aliphatic heterocycles. The van der Waals surface area contributed by atoms with Crippen LogP contribution in [0.1, 0.15) is 18.1 Å². The Kier molecular flexibility index (Phi) is 5.45. The zero-order chi connectivity index (χ0) is 16.1. The summed E-state index contributed by atoms with van der Waals surface area (Å²) in [4.78, 5) is 14.1. The third-order valence-corrected chi connectivity index (χ3v) is 3.66. The summed E-state index contributed by atoms with van der Waals surface area (Å²) in [5, 5.41) is 0.657. The van der Waals surface area contributed by atoms with Crippen molar-refractivity contribution in [2.45, 2.75) is 26.5 Å². The predicted octanol–water partition coefficient (Wildman–Crippen LogP) is 4.07. The number of likely N-dealkylation sites (N-methyl/N-ethyl adjacent to an activating group) is 1. The van der Waals surface area contributed by atoms with E-state index >= 15 is 0 Å². The highest BCUT2D eigenvalue weighted by atomic mass is 35.5. The van der Waals surface area contributed by atoms with Crippen LogP contribution in [0.4, 0.5) is 0 Å². The van der Waals surface area contributed by atoms with Gasteiger partial charge in [-0.3, -0.25) is 4.79 Å². The van der Waals surface area contributed by atoms with Crippen molar-refractivity contribution in [3.63, 3.8) is 0 Å². The molecule has 0 aliphatic carbocycles. The molecule has 0 N–H and O–H groups in total. The van der Waals surface area contributed by atoms with Crippen molar-refractivity contribution in [2.75, 3.05) is 7.05 Å². The molecule has 1 atom stereocenters. The lowest BCUT2D eigenvalue weighted by Crippen LogP contribution is -2.37. The van der Waals surface area contributed by atoms with Crippen molar-refractivity contribution in [1.29, 1.82) is 0 Å². The summed E-state index contributed by atoms with van der Waals surface area (Å²) in [6.45, 7) is 4.23. The van der Waals surface area contributed by atoms with Crippen LogP contribution in [-0.4, -0.2) is 24.0 Å². The maximum Gasteiger partial charge on any atom is 0.263 e. The van der Waals surface area contributed by atoms with E-state index in [0.29, 0.717) is 17.3 Å². The number of halogens is 1. The van der Waals surface area contributed by atoms with Gasteiger partial charge in [0, 0.05) is 18.6 Å². The summed E-state index contributed by atoms with van der Waals surface area (Å²) >= 11 is 5.93. The second-order valence-corrected chi connectivity index (χ2v) is 5.79. The number of benzene rings is 2. The molecule has 0 bridgehead atoms. The molecule has 22 heavy (non-hydrogen) atoms. The van der Waals surface area contributed by atoms with Gasteiger partial charge in [-0.2, -0.15) is 0 Å². The number of carbonyl (C=O) groups excluding carboxylic acids is 1. The summed E-state index contributed by atoms with van der Waals surface area (Å²) in [5.41, 5.74) is 2.01. The van der Waals surface area contributed by atoms with Gasteiger partial charge in [0.25, 0.3) is 5.91 Å². The third-order valence-electron chi connectivity index (χ3n) is 3.43. The van der Waals surface area contributed by atoms with Crippen LogP contribution in [-0.2, 0) is 11.3 Å². The molecule has 0 aliphatic rings. The van der Waals surface area contributed by atoms with E-state index in [1.165, 1.54) is 0 Å². The molecular weight excluding hydrogens is 298 g/mol. The van der Waals surface area contributed by atoms with Gasteiger partial charge >= 0.3 is 0 Å². The Morgan fingerprint density at radius 2 is 1.91 bits per heavy atom. The summed E-state index contributed by atoms with van der Waals surface area (Å²) in [5.74, 6) is 0.622. The average Bonchev–Trinajstić information content (AvgIpc) is 2.50. The molecule has 0 spiro atoms. The first-order chi connectivity index (χ1) is 10.5. The first-order valence-electron chi connectivity index (χ1n) is 7.19. The van der Waals surface area contributed by atoms with Crippen LogP contribution in [0, 0.1) is 6.92 Å². The zero-order valence-electron chi connectivity index (χ0n) is 13.0. The van der Waals surface area contributed by atoms with Gasteiger partial charge < -0.3 is 9.64 Å². The summed E-state index contributed by atoms with van der Waals surface area (Å²) in [6, 6.07) is 15.3. The van der Waals surface area contributed by atoms with E-state index in [9.17, 15) is 4.79 Å². The van der Waals surface area contributed by atoms with Crippen LogP contribution in [0.25, 0.3) is 0 Å². The van der Waals surface area contributed by atoms with Gasteiger partial charge in [0.15, 0.2) is 6.10 Å². The van der Waals surface area contributed by atoms with E-state index in [-0.39, 0.29) is 5.91 Å². The van der Waals surface area contributed by atoms with Crippen molar-refractivity contribution in [3.05, 3.63) is 64.7 Å². The number of amides is 1. The molecule has 116 valence electrons. The van der Waals surface area contributed by atoms with E-state index in [4.69, 9.17) is 16.3 Å². The van der Waals surface area contributed by atoms with E-state index in [2.05, 4.69) is 0 Å². The van der Waals surface area contributed by atoms with Crippen LogP contribution in [0.15, 0.2) is 48.5 Å². The lowest BCUT2D eigenvalue weighted by Gasteiger charge is -2.23. The Morgan fingerprint density at radius 1 is 1.23 bits per heavy atom. The van der Waals surface area contributed by atoms with Crippen LogP contribution < -0.4 is 4.74 Å². The normalized spacial score (nSPS) is 11.8. The molecule has 3 nitrogen and oxygen atoms in total. The van der Waals surface area contributed by atoms with Crippen molar-refractivity contribution in [2.24, 2.45) is 0 Å². The van der Waals surface area contributed by atoms with Gasteiger partial charge in [0.2, 0.25) is 0 Å². The smallest absolute Gasteiger partial charge is 0.263 e. The Hall–Kier alpha value is -2.00. The zero-order valence-corrected chi connectivity index (χ0v) is 13.8. The highest BCUT2D eigenvalue weighted by Crippen LogP contribution is 2.23. The molecule has 2 aromatic rings. The van der Waals surface area contributed by atoms with Crippen molar-refractivity contribution in [3.8, 4) is 5.75 Å². The van der Waals surface area contributed by atoms with Gasteiger partial charge in [-0.25, -0.2) is 0 Å². The van der Waals surface area contributed by atoms with Crippen LogP contribution in [0.5, 0.6) is 5.75 Å². The van der Waals surface area contributed by atoms with Gasteiger partial charge in [-0.1, -0.05) is 41.9 Å². The van der Waals surface area contributed by atoms with E-state index in [0.717, 1.165) is 11.1 Å². The van der Waals surface area contributed by atoms with Crippen molar-refractivity contribution in [1.82, 2.24) is 4.90 Å². The second-order valence-electron chi connectivity index (χ2n) is 5.35. The average molecular weight is 318 g/mol. The quantitative estimate of drug-likeness (QED) is 0.831. The Morgan fingerprint density at radius 3 is 2.55 bits per heavy atom. The molecule has 0 heterocycles. The van der Waals surface area contributed by atoms with Crippen LogP contribution >= 0.6 is 11.6 Å². The highest BCUT2D eigenvalue weighted by Gasteiger charge is 2.20. The van der Waals surface area contributed by atoms with Crippen LogP contribution in [0.2, 0.25) is 5.02 Å². The molecule has 0 saturated heterocycles. The molecule has 1 unspecified atom stereocenters. The van der Waals surface area contributed by atoms with Gasteiger partial charge in [0.05, 0.1) is 0 Å². The number of hydrogen-bond acceptors (Lipinski definition) is 2. The fourth-order valence-electron chi connectivity index (χ4n) is 2.23. The number of aryl methyl sites for hydroxylation is 1. The van der Waals surface area contributed by atoms with E-state index < -0.39 is 6.10 Å². The lowest BCUT2D eigenvalue weighted by molar-refractivity contribution is -0.137. The summed E-state index contributed by atoms with van der Waals surface area (Å²) in [6.07, 6.45) is -0.548. The first kappa shape index (κ1) is 16.4. The number of rotatable bonds is 5. The summed E-state index contributed by atoms with van der Waals surface area (Å²) in [7, 11) is 1.78. The topological polar surface area (TPSA) is 29.5 Å². The largest absolute Gasteiger partial charge is 0.481 e. The second kappa shape index (κ2) is 7.32. The SMILES string of the molecule is Cc1cc(Cl)ccc1OC(C)C(=O)N(C)Cc1ccccc1. The number of carbonyl (C=O) groups is 1. The van der Waals surface area contributed by atoms with Crippen LogP contribution in [0.3, 0.4) is 0 Å². The first-order valence-corrected chi connectivity index (χ1v) is 7.57. The van der Waals surface area contributed by atoms with Crippen molar-refractivity contribution < 1.29 is 9.53 Å². The Bertz CT molecular complexity index is 643.